The molecule has 17 heavy (non-hydrogen) atoms. The number of amides is 1. The van der Waals surface area contributed by atoms with Crippen molar-refractivity contribution >= 4 is 11.6 Å². The highest BCUT2D eigenvalue weighted by atomic mass is 16.2. The summed E-state index contributed by atoms with van der Waals surface area (Å²) >= 11 is 0. The zero-order valence-electron chi connectivity index (χ0n) is 10.1. The first-order valence-corrected chi connectivity index (χ1v) is 6.04. The summed E-state index contributed by atoms with van der Waals surface area (Å²) in [7, 11) is 0. The van der Waals surface area contributed by atoms with Crippen molar-refractivity contribution in [1.29, 1.82) is 0 Å². The molecule has 1 aromatic carbocycles. The maximum absolute atomic E-state index is 11.6. The van der Waals surface area contributed by atoms with E-state index < -0.39 is 0 Å². The van der Waals surface area contributed by atoms with E-state index in [1.165, 1.54) is 0 Å². The van der Waals surface area contributed by atoms with Gasteiger partial charge in [0.2, 0.25) is 5.91 Å². The second-order valence-corrected chi connectivity index (χ2v) is 4.47. The molecule has 4 heteroatoms. The molecule has 92 valence electrons. The predicted octanol–water partition coefficient (Wildman–Crippen LogP) is 1.03. The normalized spacial score (nSPS) is 18.5. The molecule has 0 saturated carbocycles. The number of nitrogens with one attached hydrogen (secondary N) is 1. The number of nitrogens with zero attached hydrogens (tertiary/aromatic N) is 1. The summed E-state index contributed by atoms with van der Waals surface area (Å²) < 4.78 is 0. The molecule has 0 spiro atoms. The number of carbonyl (C=O) groups is 1. The average Bonchev–Trinajstić information content (AvgIpc) is 2.54. The fourth-order valence-corrected chi connectivity index (χ4v) is 2.17. The van der Waals surface area contributed by atoms with Gasteiger partial charge in [0.15, 0.2) is 0 Å². The van der Waals surface area contributed by atoms with Gasteiger partial charge in [0, 0.05) is 24.8 Å². The lowest BCUT2D eigenvalue weighted by molar-refractivity contribution is -0.119. The topological polar surface area (TPSA) is 58.4 Å². The highest BCUT2D eigenvalue weighted by molar-refractivity contribution is 5.82. The third-order valence-electron chi connectivity index (χ3n) is 3.03. The Bertz CT molecular complexity index is 403. The molecular formula is C13H19N3O. The summed E-state index contributed by atoms with van der Waals surface area (Å²) in [6, 6.07) is 8.03. The van der Waals surface area contributed by atoms with Crippen molar-refractivity contribution in [1.82, 2.24) is 5.32 Å². The number of nitrogens with two attached hydrogens (primary N) is 1. The van der Waals surface area contributed by atoms with Gasteiger partial charge in [-0.2, -0.15) is 0 Å². The molecule has 1 unspecified atom stereocenters. The first-order chi connectivity index (χ1) is 8.18. The van der Waals surface area contributed by atoms with Gasteiger partial charge in [-0.25, -0.2) is 0 Å². The van der Waals surface area contributed by atoms with E-state index >= 15 is 0 Å². The number of rotatable bonds is 2. The lowest BCUT2D eigenvalue weighted by Gasteiger charge is -2.25. The van der Waals surface area contributed by atoms with Crippen molar-refractivity contribution in [2.24, 2.45) is 5.73 Å². The van der Waals surface area contributed by atoms with E-state index in [1.807, 2.05) is 31.2 Å². The highest BCUT2D eigenvalue weighted by Gasteiger charge is 2.18. The van der Waals surface area contributed by atoms with Gasteiger partial charge in [-0.15, -0.1) is 0 Å². The largest absolute Gasteiger partial charge is 0.362 e. The summed E-state index contributed by atoms with van der Waals surface area (Å²) in [4.78, 5) is 13.7. The van der Waals surface area contributed by atoms with E-state index in [-0.39, 0.29) is 11.9 Å². The van der Waals surface area contributed by atoms with Crippen molar-refractivity contribution in [3.8, 4) is 0 Å². The molecule has 1 aliphatic heterocycles. The van der Waals surface area contributed by atoms with Gasteiger partial charge in [0.25, 0.3) is 0 Å². The second kappa shape index (κ2) is 5.19. The first-order valence-electron chi connectivity index (χ1n) is 6.04. The molecule has 1 fully saturated rings. The van der Waals surface area contributed by atoms with Crippen LogP contribution in [0.1, 0.15) is 24.9 Å². The number of anilines is 1. The minimum atomic E-state index is -0.0162. The fraction of sp³-hybridized carbons (Fsp3) is 0.462. The zero-order valence-corrected chi connectivity index (χ0v) is 10.1. The summed E-state index contributed by atoms with van der Waals surface area (Å²) in [6.45, 7) is 4.04. The molecule has 1 atom stereocenters. The Morgan fingerprint density at radius 1 is 1.41 bits per heavy atom. The lowest BCUT2D eigenvalue weighted by Crippen LogP contribution is -2.33. The Kier molecular flexibility index (Phi) is 3.64. The van der Waals surface area contributed by atoms with Crippen molar-refractivity contribution in [2.75, 3.05) is 24.5 Å². The van der Waals surface area contributed by atoms with Gasteiger partial charge in [-0.1, -0.05) is 18.2 Å². The van der Waals surface area contributed by atoms with Crippen LogP contribution in [0.3, 0.4) is 0 Å². The summed E-state index contributed by atoms with van der Waals surface area (Å²) in [5.41, 5.74) is 8.15. The van der Waals surface area contributed by atoms with Crippen LogP contribution in [0.2, 0.25) is 0 Å². The van der Waals surface area contributed by atoms with Crippen LogP contribution in [-0.2, 0) is 4.79 Å². The number of para-hydroxylation sites is 1. The van der Waals surface area contributed by atoms with Gasteiger partial charge >= 0.3 is 0 Å². The van der Waals surface area contributed by atoms with Crippen LogP contribution in [0.25, 0.3) is 0 Å². The van der Waals surface area contributed by atoms with E-state index in [0.717, 1.165) is 30.8 Å². The third-order valence-corrected chi connectivity index (χ3v) is 3.03. The maximum atomic E-state index is 11.6. The van der Waals surface area contributed by atoms with E-state index in [0.29, 0.717) is 6.54 Å². The molecule has 1 saturated heterocycles. The van der Waals surface area contributed by atoms with Crippen molar-refractivity contribution in [3.05, 3.63) is 29.8 Å². The smallest absolute Gasteiger partial charge is 0.239 e. The van der Waals surface area contributed by atoms with Crippen LogP contribution in [-0.4, -0.2) is 25.5 Å². The Morgan fingerprint density at radius 2 is 2.18 bits per heavy atom. The molecule has 1 amide bonds. The SMILES string of the molecule is CC(N)c1ccccc1N1CCCNC(=O)C1. The molecule has 1 aliphatic rings. The molecular weight excluding hydrogens is 214 g/mol. The average molecular weight is 233 g/mol. The van der Waals surface area contributed by atoms with Gasteiger partial charge in [-0.3, -0.25) is 4.79 Å². The van der Waals surface area contributed by atoms with E-state index in [4.69, 9.17) is 5.73 Å². The summed E-state index contributed by atoms with van der Waals surface area (Å²) in [5.74, 6) is 0.0852. The van der Waals surface area contributed by atoms with Crippen LogP contribution >= 0.6 is 0 Å². The minimum absolute atomic E-state index is 0.0162. The number of hydrogen-bond acceptors (Lipinski definition) is 3. The highest BCUT2D eigenvalue weighted by Crippen LogP contribution is 2.25. The van der Waals surface area contributed by atoms with Gasteiger partial charge in [-0.05, 0) is 25.0 Å². The number of carbonyl (C=O) groups excluding carboxylic acids is 1. The second-order valence-electron chi connectivity index (χ2n) is 4.47. The quantitative estimate of drug-likeness (QED) is 0.802. The Labute approximate surface area is 102 Å². The number of benzene rings is 1. The van der Waals surface area contributed by atoms with Crippen molar-refractivity contribution in [3.63, 3.8) is 0 Å². The molecule has 1 aromatic rings. The van der Waals surface area contributed by atoms with Crippen LogP contribution in [0, 0.1) is 0 Å². The van der Waals surface area contributed by atoms with Gasteiger partial charge in [0.05, 0.1) is 6.54 Å². The standard InChI is InChI=1S/C13H19N3O/c1-10(14)11-5-2-3-6-12(11)16-8-4-7-15-13(17)9-16/h2-3,5-6,10H,4,7-9,14H2,1H3,(H,15,17). The molecule has 0 bridgehead atoms. The Hall–Kier alpha value is -1.55. The van der Waals surface area contributed by atoms with Gasteiger partial charge < -0.3 is 16.0 Å². The summed E-state index contributed by atoms with van der Waals surface area (Å²) in [5, 5.41) is 2.88. The fourth-order valence-electron chi connectivity index (χ4n) is 2.17. The van der Waals surface area contributed by atoms with E-state index in [2.05, 4.69) is 10.2 Å². The molecule has 0 radical (unpaired) electrons. The van der Waals surface area contributed by atoms with E-state index in [1.54, 1.807) is 0 Å². The molecule has 2 rings (SSSR count). The number of hydrogen-bond donors (Lipinski definition) is 2. The first kappa shape index (κ1) is 11.9. The zero-order chi connectivity index (χ0) is 12.3. The van der Waals surface area contributed by atoms with Crippen LogP contribution < -0.4 is 16.0 Å². The molecule has 4 nitrogen and oxygen atoms in total. The third kappa shape index (κ3) is 2.77. The summed E-state index contributed by atoms with van der Waals surface area (Å²) in [6.07, 6.45) is 0.971. The molecule has 1 heterocycles. The molecule has 0 aromatic heterocycles. The Balaban J connectivity index is 2.28. The lowest BCUT2D eigenvalue weighted by atomic mass is 10.1. The van der Waals surface area contributed by atoms with Crippen LogP contribution in [0.4, 0.5) is 5.69 Å². The minimum Gasteiger partial charge on any atom is -0.362 e. The van der Waals surface area contributed by atoms with Crippen LogP contribution in [0.15, 0.2) is 24.3 Å². The van der Waals surface area contributed by atoms with Gasteiger partial charge in [0.1, 0.15) is 0 Å². The Morgan fingerprint density at radius 3 is 2.94 bits per heavy atom. The maximum Gasteiger partial charge on any atom is 0.239 e. The monoisotopic (exact) mass is 233 g/mol. The van der Waals surface area contributed by atoms with Crippen molar-refractivity contribution < 1.29 is 4.79 Å². The van der Waals surface area contributed by atoms with E-state index in [9.17, 15) is 4.79 Å². The molecule has 3 N–H and O–H groups in total. The molecule has 0 aliphatic carbocycles. The van der Waals surface area contributed by atoms with Crippen molar-refractivity contribution in [2.45, 2.75) is 19.4 Å². The van der Waals surface area contributed by atoms with Crippen LogP contribution in [0.5, 0.6) is 0 Å². The predicted molar refractivity (Wildman–Crippen MR) is 68.9 cm³/mol.